The molecule has 4 rings (SSSR count). The number of piperidine rings is 1. The van der Waals surface area contributed by atoms with Gasteiger partial charge in [-0.1, -0.05) is 61.9 Å². The van der Waals surface area contributed by atoms with Crippen LogP contribution in [0.3, 0.4) is 0 Å². The Kier molecular flexibility index (Phi) is 6.54. The van der Waals surface area contributed by atoms with Crippen molar-refractivity contribution in [2.24, 2.45) is 11.8 Å². The highest BCUT2D eigenvalue weighted by molar-refractivity contribution is 6.01. The van der Waals surface area contributed by atoms with Crippen molar-refractivity contribution in [1.29, 1.82) is 0 Å². The van der Waals surface area contributed by atoms with E-state index in [0.29, 0.717) is 18.7 Å². The summed E-state index contributed by atoms with van der Waals surface area (Å²) in [6, 6.07) is 18.5. The smallest absolute Gasteiger partial charge is 0.311 e. The Morgan fingerprint density at radius 3 is 2.27 bits per heavy atom. The van der Waals surface area contributed by atoms with Gasteiger partial charge in [-0.2, -0.15) is 0 Å². The Morgan fingerprint density at radius 2 is 1.67 bits per heavy atom. The van der Waals surface area contributed by atoms with Gasteiger partial charge in [0.05, 0.1) is 12.5 Å². The van der Waals surface area contributed by atoms with Crippen molar-refractivity contribution in [2.75, 3.05) is 13.2 Å². The summed E-state index contributed by atoms with van der Waals surface area (Å²) in [7, 11) is 0. The highest BCUT2D eigenvalue weighted by Crippen LogP contribution is 2.60. The molecule has 2 amide bonds. The summed E-state index contributed by atoms with van der Waals surface area (Å²) < 4.78 is 5.38. The van der Waals surface area contributed by atoms with Crippen molar-refractivity contribution in [3.05, 3.63) is 71.8 Å². The zero-order chi connectivity index (χ0) is 23.6. The molecule has 0 unspecified atom stereocenters. The van der Waals surface area contributed by atoms with E-state index in [4.69, 9.17) is 4.74 Å². The molecule has 2 fully saturated rings. The first-order chi connectivity index (χ1) is 15.9. The van der Waals surface area contributed by atoms with E-state index in [9.17, 15) is 14.4 Å². The number of ether oxygens (including phenoxy) is 1. The molecule has 1 aliphatic carbocycles. The average Bonchev–Trinajstić information content (AvgIpc) is 3.55. The van der Waals surface area contributed by atoms with Gasteiger partial charge < -0.3 is 15.0 Å². The van der Waals surface area contributed by atoms with Crippen LogP contribution < -0.4 is 5.32 Å². The van der Waals surface area contributed by atoms with Gasteiger partial charge in [-0.25, -0.2) is 0 Å². The van der Waals surface area contributed by atoms with Crippen molar-refractivity contribution < 1.29 is 19.1 Å². The normalized spacial score (nSPS) is 28.1. The third-order valence-electron chi connectivity index (χ3n) is 6.99. The Morgan fingerprint density at radius 1 is 1.03 bits per heavy atom. The Bertz CT molecular complexity index is 1010. The molecule has 0 spiro atoms. The molecule has 1 aliphatic heterocycles. The number of likely N-dealkylation sites (tertiary alicyclic amines) is 1. The van der Waals surface area contributed by atoms with Crippen LogP contribution >= 0.6 is 0 Å². The quantitative estimate of drug-likeness (QED) is 0.624. The first kappa shape index (κ1) is 23.0. The van der Waals surface area contributed by atoms with Gasteiger partial charge in [-0.3, -0.25) is 14.4 Å². The molecule has 6 nitrogen and oxygen atoms in total. The van der Waals surface area contributed by atoms with Crippen LogP contribution in [0.25, 0.3) is 0 Å². The van der Waals surface area contributed by atoms with Crippen LogP contribution in [0.15, 0.2) is 60.7 Å². The maximum absolute atomic E-state index is 14.0. The van der Waals surface area contributed by atoms with Crippen LogP contribution in [0.1, 0.15) is 55.5 Å². The first-order valence-electron chi connectivity index (χ1n) is 11.8. The predicted molar refractivity (Wildman–Crippen MR) is 126 cm³/mol. The van der Waals surface area contributed by atoms with Crippen LogP contribution in [0.2, 0.25) is 0 Å². The minimum absolute atomic E-state index is 0.109. The largest absolute Gasteiger partial charge is 0.466 e. The molecule has 6 heteroatoms. The van der Waals surface area contributed by atoms with Gasteiger partial charge >= 0.3 is 5.97 Å². The number of carbonyl (C=O) groups is 3. The zero-order valence-electron chi connectivity index (χ0n) is 19.5. The number of hydrogen-bond acceptors (Lipinski definition) is 4. The summed E-state index contributed by atoms with van der Waals surface area (Å²) in [5.41, 5.74) is 0.252. The van der Waals surface area contributed by atoms with Crippen molar-refractivity contribution in [3.63, 3.8) is 0 Å². The van der Waals surface area contributed by atoms with Gasteiger partial charge in [0.1, 0.15) is 5.54 Å². The summed E-state index contributed by atoms with van der Waals surface area (Å²) in [5.74, 6) is -1.53. The van der Waals surface area contributed by atoms with Crippen molar-refractivity contribution in [2.45, 2.75) is 51.1 Å². The molecule has 0 bridgehead atoms. The van der Waals surface area contributed by atoms with Gasteiger partial charge in [-0.05, 0) is 38.0 Å². The Balaban J connectivity index is 1.77. The number of rotatable bonds is 8. The highest BCUT2D eigenvalue weighted by atomic mass is 16.5. The molecule has 1 N–H and O–H groups in total. The number of unbranched alkanes of at least 4 members (excludes halogenated alkanes) is 1. The monoisotopic (exact) mass is 448 g/mol. The summed E-state index contributed by atoms with van der Waals surface area (Å²) in [4.78, 5) is 42.0. The molecule has 174 valence electrons. The number of nitrogens with zero attached hydrogens (tertiary/aromatic N) is 1. The number of benzene rings is 2. The lowest BCUT2D eigenvalue weighted by atomic mass is 9.73. The Hall–Kier alpha value is -3.15. The summed E-state index contributed by atoms with van der Waals surface area (Å²) in [6.45, 7) is 6.54. The predicted octanol–water partition coefficient (Wildman–Crippen LogP) is 3.78. The van der Waals surface area contributed by atoms with Crippen LogP contribution in [0.5, 0.6) is 0 Å². The van der Waals surface area contributed by atoms with E-state index < -0.39 is 5.54 Å². The number of esters is 1. The van der Waals surface area contributed by atoms with Crippen molar-refractivity contribution >= 4 is 17.8 Å². The van der Waals surface area contributed by atoms with E-state index in [2.05, 4.69) is 12.2 Å². The SMILES string of the molecule is CCCCN1C(=O)[C@](C)(NC(=O)c2ccccc2)[C@@H](c2ccccc2)[C@H]2[C@H](C(=O)OCC)[C@H]21. The molecular weight excluding hydrogens is 416 g/mol. The van der Waals surface area contributed by atoms with Crippen LogP contribution in [-0.4, -0.2) is 47.4 Å². The van der Waals surface area contributed by atoms with Gasteiger partial charge in [-0.15, -0.1) is 0 Å². The zero-order valence-corrected chi connectivity index (χ0v) is 19.5. The van der Waals surface area contributed by atoms with E-state index in [0.717, 1.165) is 18.4 Å². The molecule has 2 aromatic carbocycles. The second kappa shape index (κ2) is 9.38. The summed E-state index contributed by atoms with van der Waals surface area (Å²) in [5, 5.41) is 3.08. The summed E-state index contributed by atoms with van der Waals surface area (Å²) >= 11 is 0. The lowest BCUT2D eigenvalue weighted by Crippen LogP contribution is -2.65. The minimum Gasteiger partial charge on any atom is -0.466 e. The fraction of sp³-hybridized carbons (Fsp3) is 0.444. The second-order valence-corrected chi connectivity index (χ2v) is 9.11. The average molecular weight is 449 g/mol. The fourth-order valence-electron chi connectivity index (χ4n) is 5.43. The third kappa shape index (κ3) is 4.14. The molecule has 0 aromatic heterocycles. The molecule has 1 saturated carbocycles. The maximum Gasteiger partial charge on any atom is 0.311 e. The van der Waals surface area contributed by atoms with Gasteiger partial charge in [0.15, 0.2) is 0 Å². The number of amides is 2. The van der Waals surface area contributed by atoms with E-state index in [1.54, 1.807) is 31.2 Å². The minimum atomic E-state index is -1.19. The topological polar surface area (TPSA) is 75.7 Å². The highest BCUT2D eigenvalue weighted by Gasteiger charge is 2.71. The van der Waals surface area contributed by atoms with Crippen LogP contribution in [0, 0.1) is 11.8 Å². The number of nitrogens with one attached hydrogen (secondary N) is 1. The van der Waals surface area contributed by atoms with Gasteiger partial charge in [0.25, 0.3) is 5.91 Å². The molecule has 1 heterocycles. The third-order valence-corrected chi connectivity index (χ3v) is 6.99. The van der Waals surface area contributed by atoms with Gasteiger partial charge in [0, 0.05) is 30.0 Å². The fourth-order valence-corrected chi connectivity index (χ4v) is 5.43. The molecular formula is C27H32N2O4. The van der Waals surface area contributed by atoms with E-state index >= 15 is 0 Å². The Labute approximate surface area is 195 Å². The van der Waals surface area contributed by atoms with Crippen molar-refractivity contribution in [1.82, 2.24) is 10.2 Å². The number of carbonyl (C=O) groups excluding carboxylic acids is 3. The number of fused-ring (bicyclic) bond motifs is 1. The lowest BCUT2D eigenvalue weighted by molar-refractivity contribution is -0.145. The van der Waals surface area contributed by atoms with Crippen LogP contribution in [0.4, 0.5) is 0 Å². The second-order valence-electron chi connectivity index (χ2n) is 9.11. The lowest BCUT2D eigenvalue weighted by Gasteiger charge is -2.45. The molecule has 0 radical (unpaired) electrons. The molecule has 5 atom stereocenters. The molecule has 2 aliphatic rings. The molecule has 1 saturated heterocycles. The standard InChI is InChI=1S/C27H32N2O4/c1-4-6-17-29-23-20(21(23)25(31)33-5-2)22(18-13-9-7-10-14-18)27(3,26(29)32)28-24(30)19-15-11-8-12-16-19/h7-16,20-23H,4-6,17H2,1-3H3,(H,28,30)/t20-,21+,22+,23+,27-/m1/s1. The maximum atomic E-state index is 14.0. The molecule has 2 aromatic rings. The van der Waals surface area contributed by atoms with E-state index in [1.165, 1.54) is 0 Å². The van der Waals surface area contributed by atoms with Crippen molar-refractivity contribution in [3.8, 4) is 0 Å². The van der Waals surface area contributed by atoms with E-state index in [-0.39, 0.29) is 41.6 Å². The van der Waals surface area contributed by atoms with Gasteiger partial charge in [0.2, 0.25) is 5.91 Å². The van der Waals surface area contributed by atoms with Crippen LogP contribution in [-0.2, 0) is 14.3 Å². The summed E-state index contributed by atoms with van der Waals surface area (Å²) in [6.07, 6.45) is 1.77. The van der Waals surface area contributed by atoms with E-state index in [1.807, 2.05) is 48.2 Å². The first-order valence-corrected chi connectivity index (χ1v) is 11.8. The number of hydrogen-bond donors (Lipinski definition) is 1. The molecule has 33 heavy (non-hydrogen) atoms.